The molecule has 0 amide bonds. The second-order valence-electron chi connectivity index (χ2n) is 3.27. The summed E-state index contributed by atoms with van der Waals surface area (Å²) in [5, 5.41) is 0. The van der Waals surface area contributed by atoms with Crippen LogP contribution in [-0.2, 0) is 24.6 Å². The molecule has 0 aliphatic rings. The molecule has 0 spiro atoms. The van der Waals surface area contributed by atoms with Crippen molar-refractivity contribution in [2.24, 2.45) is 0 Å². The molecule has 1 aromatic rings. The molecule has 0 N–H and O–H groups in total. The Kier molecular flexibility index (Phi) is 5.65. The predicted molar refractivity (Wildman–Crippen MR) is 62.9 cm³/mol. The van der Waals surface area contributed by atoms with Crippen molar-refractivity contribution in [3.63, 3.8) is 0 Å². The van der Waals surface area contributed by atoms with Gasteiger partial charge in [-0.1, -0.05) is 30.3 Å². The van der Waals surface area contributed by atoms with E-state index in [0.717, 1.165) is 5.56 Å². The van der Waals surface area contributed by atoms with Gasteiger partial charge in [0, 0.05) is 21.3 Å². The van der Waals surface area contributed by atoms with Crippen molar-refractivity contribution in [2.75, 3.05) is 27.6 Å². The van der Waals surface area contributed by atoms with Gasteiger partial charge in [0.1, 0.15) is 6.23 Å². The average molecular weight is 242 g/mol. The van der Waals surface area contributed by atoms with E-state index in [-0.39, 0.29) is 0 Å². The highest BCUT2D eigenvalue weighted by Gasteiger charge is 2.38. The summed E-state index contributed by atoms with van der Waals surface area (Å²) in [6.45, 7) is 0.533. The summed E-state index contributed by atoms with van der Waals surface area (Å²) < 4.78 is 21.3. The number of benzene rings is 1. The van der Waals surface area contributed by atoms with Gasteiger partial charge in [0.15, 0.2) is 0 Å². The Morgan fingerprint density at radius 3 is 2.00 bits per heavy atom. The van der Waals surface area contributed by atoms with Crippen molar-refractivity contribution in [1.29, 1.82) is 0 Å². The Morgan fingerprint density at radius 2 is 1.50 bits per heavy atom. The van der Waals surface area contributed by atoms with Crippen LogP contribution < -0.4 is 0 Å². The number of hydrogen-bond donors (Lipinski definition) is 0. The Labute approximate surface area is 97.5 Å². The maximum absolute atomic E-state index is 5.54. The fourth-order valence-electron chi connectivity index (χ4n) is 1.29. The average Bonchev–Trinajstić information content (AvgIpc) is 2.37. The fraction of sp³-hybridized carbons (Fsp3) is 0.455. The van der Waals surface area contributed by atoms with Crippen LogP contribution in [0, 0.1) is 0 Å². The van der Waals surface area contributed by atoms with E-state index in [4.69, 9.17) is 18.0 Å². The van der Waals surface area contributed by atoms with Gasteiger partial charge in [-0.2, -0.15) is 0 Å². The van der Waals surface area contributed by atoms with Crippen LogP contribution >= 0.6 is 0 Å². The van der Waals surface area contributed by atoms with Gasteiger partial charge in [0.05, 0.1) is 6.61 Å². The maximum Gasteiger partial charge on any atom is 0.527 e. The highest BCUT2D eigenvalue weighted by Crippen LogP contribution is 2.08. The van der Waals surface area contributed by atoms with E-state index in [9.17, 15) is 0 Å². The van der Waals surface area contributed by atoms with Gasteiger partial charge in [-0.25, -0.2) is 0 Å². The van der Waals surface area contributed by atoms with Gasteiger partial charge in [-0.05, 0) is 5.56 Å². The molecule has 0 unspecified atom stereocenters. The Morgan fingerprint density at radius 1 is 0.938 bits per heavy atom. The van der Waals surface area contributed by atoms with Gasteiger partial charge in [-0.15, -0.1) is 0 Å². The summed E-state index contributed by atoms with van der Waals surface area (Å²) in [5.41, 5.74) is 1.12. The maximum atomic E-state index is 5.54. The lowest BCUT2D eigenvalue weighted by atomic mass is 10.2. The lowest BCUT2D eigenvalue weighted by Crippen LogP contribution is -2.48. The van der Waals surface area contributed by atoms with Gasteiger partial charge in [-0.3, -0.25) is 0 Å². The zero-order valence-corrected chi connectivity index (χ0v) is 10.9. The van der Waals surface area contributed by atoms with E-state index < -0.39 is 8.80 Å². The molecule has 1 aromatic carbocycles. The third-order valence-electron chi connectivity index (χ3n) is 2.32. The standard InChI is InChI=1S/C11H18O4Si/c1-12-16(13-2,14-3)10-15-9-11-7-5-4-6-8-11/h4-8H,9-10H2,1-3H3. The molecule has 90 valence electrons. The Bertz CT molecular complexity index is 279. The van der Waals surface area contributed by atoms with E-state index in [1.807, 2.05) is 30.3 Å². The highest BCUT2D eigenvalue weighted by molar-refractivity contribution is 6.60. The van der Waals surface area contributed by atoms with Crippen molar-refractivity contribution in [2.45, 2.75) is 6.61 Å². The summed E-state index contributed by atoms with van der Waals surface area (Å²) >= 11 is 0. The SMILES string of the molecule is CO[Si](COCc1ccccc1)(OC)OC. The number of ether oxygens (including phenoxy) is 1. The second kappa shape index (κ2) is 6.77. The minimum atomic E-state index is -2.59. The zero-order chi connectivity index (χ0) is 11.9. The molecule has 1 rings (SSSR count). The first-order valence-electron chi connectivity index (χ1n) is 5.03. The smallest absolute Gasteiger partial charge is 0.375 e. The molecule has 0 atom stereocenters. The first kappa shape index (κ1) is 13.3. The molecule has 0 saturated heterocycles. The molecular formula is C11H18O4Si. The molecule has 4 nitrogen and oxygen atoms in total. The van der Waals surface area contributed by atoms with Crippen LogP contribution in [0.15, 0.2) is 30.3 Å². The van der Waals surface area contributed by atoms with Crippen LogP contribution in [0.5, 0.6) is 0 Å². The third kappa shape index (κ3) is 3.69. The van der Waals surface area contributed by atoms with Crippen molar-refractivity contribution in [3.05, 3.63) is 35.9 Å². The molecule has 5 heteroatoms. The Hall–Kier alpha value is -0.723. The molecule has 0 aliphatic carbocycles. The van der Waals surface area contributed by atoms with E-state index in [1.54, 1.807) is 21.3 Å². The first-order chi connectivity index (χ1) is 7.76. The molecule has 0 saturated carbocycles. The quantitative estimate of drug-likeness (QED) is 0.681. The van der Waals surface area contributed by atoms with Crippen molar-refractivity contribution >= 4 is 8.80 Å². The summed E-state index contributed by atoms with van der Waals surface area (Å²) in [7, 11) is 2.13. The molecule has 0 heterocycles. The predicted octanol–water partition coefficient (Wildman–Crippen LogP) is 1.62. The van der Waals surface area contributed by atoms with Crippen LogP contribution in [0.2, 0.25) is 0 Å². The van der Waals surface area contributed by atoms with Crippen LogP contribution in [0.25, 0.3) is 0 Å². The van der Waals surface area contributed by atoms with Crippen LogP contribution in [0.3, 0.4) is 0 Å². The van der Waals surface area contributed by atoms with Crippen molar-refractivity contribution in [1.82, 2.24) is 0 Å². The molecular weight excluding hydrogens is 224 g/mol. The van der Waals surface area contributed by atoms with Gasteiger partial charge < -0.3 is 18.0 Å². The summed E-state index contributed by atoms with van der Waals surface area (Å²) in [6.07, 6.45) is 0.353. The lowest BCUT2D eigenvalue weighted by molar-refractivity contribution is 0.0578. The number of hydrogen-bond acceptors (Lipinski definition) is 4. The molecule has 16 heavy (non-hydrogen) atoms. The fourth-order valence-corrected chi connectivity index (χ4v) is 2.50. The Balaban J connectivity index is 2.39. The largest absolute Gasteiger partial charge is 0.527 e. The van der Waals surface area contributed by atoms with Crippen LogP contribution in [0.4, 0.5) is 0 Å². The normalized spacial score (nSPS) is 11.7. The lowest BCUT2D eigenvalue weighted by Gasteiger charge is -2.23. The van der Waals surface area contributed by atoms with Crippen LogP contribution in [-0.4, -0.2) is 36.4 Å². The second-order valence-corrected chi connectivity index (χ2v) is 6.15. The zero-order valence-electron chi connectivity index (χ0n) is 9.93. The summed E-state index contributed by atoms with van der Waals surface area (Å²) in [6, 6.07) is 9.95. The van der Waals surface area contributed by atoms with Crippen molar-refractivity contribution in [3.8, 4) is 0 Å². The van der Waals surface area contributed by atoms with Gasteiger partial charge in [0.25, 0.3) is 0 Å². The number of rotatable bonds is 7. The first-order valence-corrected chi connectivity index (χ1v) is 6.96. The van der Waals surface area contributed by atoms with Gasteiger partial charge >= 0.3 is 8.80 Å². The molecule has 0 aromatic heterocycles. The van der Waals surface area contributed by atoms with Crippen molar-refractivity contribution < 1.29 is 18.0 Å². The molecule has 0 bridgehead atoms. The topological polar surface area (TPSA) is 36.9 Å². The highest BCUT2D eigenvalue weighted by atomic mass is 28.4. The summed E-state index contributed by atoms with van der Waals surface area (Å²) in [4.78, 5) is 0. The third-order valence-corrected chi connectivity index (χ3v) is 4.75. The minimum Gasteiger partial charge on any atom is -0.375 e. The molecule has 0 aliphatic heterocycles. The molecule has 0 radical (unpaired) electrons. The van der Waals surface area contributed by atoms with E-state index in [2.05, 4.69) is 0 Å². The monoisotopic (exact) mass is 242 g/mol. The van der Waals surface area contributed by atoms with Gasteiger partial charge in [0.2, 0.25) is 0 Å². The van der Waals surface area contributed by atoms with E-state index in [0.29, 0.717) is 12.8 Å². The minimum absolute atomic E-state index is 0.353. The van der Waals surface area contributed by atoms with Crippen LogP contribution in [0.1, 0.15) is 5.56 Å². The summed E-state index contributed by atoms with van der Waals surface area (Å²) in [5.74, 6) is 0. The van der Waals surface area contributed by atoms with E-state index in [1.165, 1.54) is 0 Å². The molecule has 0 fully saturated rings. The van der Waals surface area contributed by atoms with E-state index >= 15 is 0 Å².